The van der Waals surface area contributed by atoms with Crippen LogP contribution in [0.2, 0.25) is 0 Å². The van der Waals surface area contributed by atoms with Gasteiger partial charge >= 0.3 is 5.97 Å². The van der Waals surface area contributed by atoms with E-state index < -0.39 is 0 Å². The number of benzene rings is 3. The monoisotopic (exact) mass is 494 g/mol. The first-order valence-corrected chi connectivity index (χ1v) is 13.2. The maximum atomic E-state index is 13.6. The zero-order chi connectivity index (χ0) is 25.6. The standard InChI is InChI=1S/C32H34N2O3/c1-2-37-32(36)26-17-19-33(20-18-26)31(35)21-28(25-13-7-4-8-14-25)29-23-34(22-24-11-5-3-6-12-24)30-16-10-9-15-27(29)30/h3-16,23,26,28H,2,17-22H2,1H3. The van der Waals surface area contributed by atoms with Gasteiger partial charge in [-0.25, -0.2) is 0 Å². The van der Waals surface area contributed by atoms with Crippen LogP contribution < -0.4 is 0 Å². The van der Waals surface area contributed by atoms with E-state index in [9.17, 15) is 9.59 Å². The van der Waals surface area contributed by atoms with E-state index in [4.69, 9.17) is 4.74 Å². The molecule has 0 radical (unpaired) electrons. The van der Waals surface area contributed by atoms with E-state index in [-0.39, 0.29) is 23.7 Å². The molecule has 3 aromatic carbocycles. The Kier molecular flexibility index (Phi) is 7.69. The normalized spacial score (nSPS) is 15.0. The number of hydrogen-bond donors (Lipinski definition) is 0. The second kappa shape index (κ2) is 11.5. The summed E-state index contributed by atoms with van der Waals surface area (Å²) < 4.78 is 7.50. The lowest BCUT2D eigenvalue weighted by molar-refractivity contribution is -0.151. The van der Waals surface area contributed by atoms with Gasteiger partial charge < -0.3 is 14.2 Å². The molecule has 1 unspecified atom stereocenters. The summed E-state index contributed by atoms with van der Waals surface area (Å²) in [6.45, 7) is 4.20. The van der Waals surface area contributed by atoms with Crippen molar-refractivity contribution in [2.24, 2.45) is 5.92 Å². The highest BCUT2D eigenvalue weighted by Gasteiger charge is 2.30. The van der Waals surface area contributed by atoms with Gasteiger partial charge in [-0.15, -0.1) is 0 Å². The van der Waals surface area contributed by atoms with E-state index in [1.165, 1.54) is 22.0 Å². The highest BCUT2D eigenvalue weighted by Crippen LogP contribution is 2.36. The summed E-state index contributed by atoms with van der Waals surface area (Å²) >= 11 is 0. The molecule has 0 spiro atoms. The Bertz CT molecular complexity index is 1340. The van der Waals surface area contributed by atoms with Crippen LogP contribution in [-0.4, -0.2) is 41.0 Å². The third-order valence-corrected chi connectivity index (χ3v) is 7.44. The summed E-state index contributed by atoms with van der Waals surface area (Å²) in [5.41, 5.74) is 4.73. The first-order valence-electron chi connectivity index (χ1n) is 13.2. The summed E-state index contributed by atoms with van der Waals surface area (Å²) in [5.74, 6) is -0.165. The molecule has 5 heteroatoms. The fourth-order valence-electron chi connectivity index (χ4n) is 5.48. The molecule has 1 aromatic heterocycles. The van der Waals surface area contributed by atoms with Crippen molar-refractivity contribution in [2.45, 2.75) is 38.6 Å². The number of esters is 1. The Hall–Kier alpha value is -3.86. The maximum Gasteiger partial charge on any atom is 0.309 e. The number of amides is 1. The zero-order valence-electron chi connectivity index (χ0n) is 21.4. The van der Waals surface area contributed by atoms with Crippen LogP contribution in [0.3, 0.4) is 0 Å². The van der Waals surface area contributed by atoms with Crippen molar-refractivity contribution in [3.63, 3.8) is 0 Å². The fourth-order valence-corrected chi connectivity index (χ4v) is 5.48. The Morgan fingerprint density at radius 3 is 2.24 bits per heavy atom. The molecule has 190 valence electrons. The van der Waals surface area contributed by atoms with E-state index in [0.717, 1.165) is 12.1 Å². The molecule has 1 aliphatic rings. The van der Waals surface area contributed by atoms with Crippen molar-refractivity contribution >= 4 is 22.8 Å². The topological polar surface area (TPSA) is 51.5 Å². The second-order valence-electron chi connectivity index (χ2n) is 9.79. The van der Waals surface area contributed by atoms with Gasteiger partial charge in [-0.3, -0.25) is 9.59 Å². The number of para-hydroxylation sites is 1. The number of hydrogen-bond acceptors (Lipinski definition) is 3. The van der Waals surface area contributed by atoms with Crippen molar-refractivity contribution in [3.8, 4) is 0 Å². The van der Waals surface area contributed by atoms with Crippen LogP contribution in [0.1, 0.15) is 48.8 Å². The summed E-state index contributed by atoms with van der Waals surface area (Å²) in [7, 11) is 0. The molecule has 1 aliphatic heterocycles. The maximum absolute atomic E-state index is 13.6. The van der Waals surface area contributed by atoms with E-state index >= 15 is 0 Å². The van der Waals surface area contributed by atoms with Gasteiger partial charge in [0, 0.05) is 49.1 Å². The fraction of sp³-hybridized carbons (Fsp3) is 0.312. The minimum Gasteiger partial charge on any atom is -0.466 e. The smallest absolute Gasteiger partial charge is 0.309 e. The Balaban J connectivity index is 1.42. The number of ether oxygens (including phenoxy) is 1. The summed E-state index contributed by atoms with van der Waals surface area (Å²) in [6.07, 6.45) is 3.96. The van der Waals surface area contributed by atoms with Crippen LogP contribution in [0.15, 0.2) is 91.1 Å². The number of likely N-dealkylation sites (tertiary alicyclic amines) is 1. The van der Waals surface area contributed by atoms with Gasteiger partial charge in [-0.05, 0) is 42.5 Å². The summed E-state index contributed by atoms with van der Waals surface area (Å²) in [4.78, 5) is 27.7. The van der Waals surface area contributed by atoms with Gasteiger partial charge in [0.25, 0.3) is 0 Å². The quantitative estimate of drug-likeness (QED) is 0.282. The molecule has 4 aromatic rings. The lowest BCUT2D eigenvalue weighted by Crippen LogP contribution is -2.41. The average molecular weight is 495 g/mol. The third kappa shape index (κ3) is 5.61. The van der Waals surface area contributed by atoms with Gasteiger partial charge in [0.2, 0.25) is 5.91 Å². The Labute approximate surface area is 218 Å². The molecule has 2 heterocycles. The van der Waals surface area contributed by atoms with E-state index in [2.05, 4.69) is 71.4 Å². The summed E-state index contributed by atoms with van der Waals surface area (Å²) in [6, 6.07) is 29.3. The molecule has 5 nitrogen and oxygen atoms in total. The lowest BCUT2D eigenvalue weighted by Gasteiger charge is -2.32. The number of rotatable bonds is 8. The molecule has 1 saturated heterocycles. The van der Waals surface area contributed by atoms with Gasteiger partial charge in [0.15, 0.2) is 0 Å². The van der Waals surface area contributed by atoms with Gasteiger partial charge in [0.05, 0.1) is 12.5 Å². The minimum atomic E-state index is -0.136. The van der Waals surface area contributed by atoms with Crippen molar-refractivity contribution in [3.05, 3.63) is 108 Å². The first kappa shape index (κ1) is 24.8. The third-order valence-electron chi connectivity index (χ3n) is 7.44. The molecule has 1 amide bonds. The predicted octanol–water partition coefficient (Wildman–Crippen LogP) is 6.01. The first-order chi connectivity index (χ1) is 18.1. The van der Waals surface area contributed by atoms with Crippen molar-refractivity contribution in [1.29, 1.82) is 0 Å². The van der Waals surface area contributed by atoms with Crippen molar-refractivity contribution in [1.82, 2.24) is 9.47 Å². The minimum absolute atomic E-state index is 0.0570. The van der Waals surface area contributed by atoms with E-state index in [1.807, 2.05) is 36.1 Å². The van der Waals surface area contributed by atoms with Crippen LogP contribution in [0.4, 0.5) is 0 Å². The van der Waals surface area contributed by atoms with Crippen LogP contribution in [-0.2, 0) is 20.9 Å². The molecule has 0 aliphatic carbocycles. The molecular weight excluding hydrogens is 460 g/mol. The highest BCUT2D eigenvalue weighted by atomic mass is 16.5. The average Bonchev–Trinajstić information content (AvgIpc) is 3.31. The van der Waals surface area contributed by atoms with Gasteiger partial charge in [-0.1, -0.05) is 78.9 Å². The van der Waals surface area contributed by atoms with E-state index in [0.29, 0.717) is 39.0 Å². The van der Waals surface area contributed by atoms with Crippen LogP contribution in [0.25, 0.3) is 10.9 Å². The molecule has 5 rings (SSSR count). The number of fused-ring (bicyclic) bond motifs is 1. The number of nitrogens with zero attached hydrogens (tertiary/aromatic N) is 2. The zero-order valence-corrected chi connectivity index (χ0v) is 21.4. The molecular formula is C32H34N2O3. The Morgan fingerprint density at radius 1 is 0.892 bits per heavy atom. The SMILES string of the molecule is CCOC(=O)C1CCN(C(=O)CC(c2ccccc2)c2cn(Cc3ccccc3)c3ccccc23)CC1. The van der Waals surface area contributed by atoms with Gasteiger partial charge in [0.1, 0.15) is 0 Å². The molecule has 1 atom stereocenters. The largest absolute Gasteiger partial charge is 0.466 e. The number of carbonyl (C=O) groups excluding carboxylic acids is 2. The van der Waals surface area contributed by atoms with Gasteiger partial charge in [-0.2, -0.15) is 0 Å². The predicted molar refractivity (Wildman–Crippen MR) is 146 cm³/mol. The molecule has 0 bridgehead atoms. The number of aromatic nitrogens is 1. The van der Waals surface area contributed by atoms with Crippen LogP contribution >= 0.6 is 0 Å². The Morgan fingerprint density at radius 2 is 1.54 bits per heavy atom. The molecule has 0 saturated carbocycles. The van der Waals surface area contributed by atoms with Crippen LogP contribution in [0.5, 0.6) is 0 Å². The molecule has 0 N–H and O–H groups in total. The van der Waals surface area contributed by atoms with Crippen molar-refractivity contribution < 1.29 is 14.3 Å². The highest BCUT2D eigenvalue weighted by molar-refractivity contribution is 5.87. The number of carbonyl (C=O) groups is 2. The second-order valence-corrected chi connectivity index (χ2v) is 9.79. The summed E-state index contributed by atoms with van der Waals surface area (Å²) in [5, 5.41) is 1.18. The van der Waals surface area contributed by atoms with Crippen LogP contribution in [0, 0.1) is 5.92 Å². The number of piperidine rings is 1. The lowest BCUT2D eigenvalue weighted by atomic mass is 9.87. The van der Waals surface area contributed by atoms with E-state index in [1.54, 1.807) is 0 Å². The van der Waals surface area contributed by atoms with Crippen molar-refractivity contribution in [2.75, 3.05) is 19.7 Å². The molecule has 1 fully saturated rings. The molecule has 37 heavy (non-hydrogen) atoms.